The Bertz CT molecular complexity index is 219. The van der Waals surface area contributed by atoms with Crippen LogP contribution in [0.2, 0.25) is 0 Å². The van der Waals surface area contributed by atoms with Crippen molar-refractivity contribution in [3.8, 4) is 0 Å². The highest BCUT2D eigenvalue weighted by Gasteiger charge is 2.41. The second-order valence-electron chi connectivity index (χ2n) is 4.70. The summed E-state index contributed by atoms with van der Waals surface area (Å²) in [5, 5.41) is 3.12. The monoisotopic (exact) mass is 210 g/mol. The van der Waals surface area contributed by atoms with Crippen molar-refractivity contribution < 1.29 is 0 Å². The third-order valence-corrected chi connectivity index (χ3v) is 3.40. The maximum absolute atomic E-state index is 5.39. The van der Waals surface area contributed by atoms with Gasteiger partial charge in [0.1, 0.15) is 0 Å². The summed E-state index contributed by atoms with van der Waals surface area (Å²) in [5.41, 5.74) is 2.62. The fourth-order valence-electron chi connectivity index (χ4n) is 2.25. The number of hydrogen-bond donors (Lipinski definition) is 3. The molecule has 2 saturated carbocycles. The minimum Gasteiger partial charge on any atom is -0.356 e. The van der Waals surface area contributed by atoms with Gasteiger partial charge in [-0.25, -0.2) is 5.84 Å². The fraction of sp³-hybridized carbons (Fsp3) is 0.909. The van der Waals surface area contributed by atoms with Crippen LogP contribution in [0.15, 0.2) is 4.99 Å². The van der Waals surface area contributed by atoms with Gasteiger partial charge in [0.2, 0.25) is 5.96 Å². The lowest BCUT2D eigenvalue weighted by molar-refractivity contribution is 0.417. The Morgan fingerprint density at radius 3 is 2.33 bits per heavy atom. The first kappa shape index (κ1) is 10.7. The van der Waals surface area contributed by atoms with Gasteiger partial charge in [-0.05, 0) is 50.4 Å². The van der Waals surface area contributed by atoms with Gasteiger partial charge in [0.05, 0.1) is 0 Å². The predicted octanol–water partition coefficient (Wildman–Crippen LogP) is 0.851. The van der Waals surface area contributed by atoms with Crippen molar-refractivity contribution in [3.63, 3.8) is 0 Å². The van der Waals surface area contributed by atoms with Gasteiger partial charge in [-0.15, -0.1) is 0 Å². The molecular weight excluding hydrogens is 188 g/mol. The number of hydrogen-bond acceptors (Lipinski definition) is 2. The van der Waals surface area contributed by atoms with E-state index in [9.17, 15) is 0 Å². The molecule has 0 aliphatic heterocycles. The standard InChI is InChI=1S/C11H22N4/c1-2-13-11(15-12)14-7-10(8-3-4-8)9-5-6-9/h8-10H,2-7,12H2,1H3,(H2,13,14,15). The van der Waals surface area contributed by atoms with E-state index in [-0.39, 0.29) is 0 Å². The van der Waals surface area contributed by atoms with Crippen molar-refractivity contribution in [1.29, 1.82) is 0 Å². The number of rotatable bonds is 5. The normalized spacial score (nSPS) is 21.9. The van der Waals surface area contributed by atoms with Crippen LogP contribution in [0.1, 0.15) is 32.6 Å². The van der Waals surface area contributed by atoms with Crippen molar-refractivity contribution in [1.82, 2.24) is 10.7 Å². The quantitative estimate of drug-likeness (QED) is 0.273. The summed E-state index contributed by atoms with van der Waals surface area (Å²) in [4.78, 5) is 4.52. The molecular formula is C11H22N4. The van der Waals surface area contributed by atoms with E-state index in [1.165, 1.54) is 25.7 Å². The highest BCUT2D eigenvalue weighted by molar-refractivity contribution is 5.79. The zero-order valence-electron chi connectivity index (χ0n) is 9.50. The molecule has 0 aromatic rings. The first-order valence-electron chi connectivity index (χ1n) is 6.10. The molecule has 0 radical (unpaired) electrons. The summed E-state index contributed by atoms with van der Waals surface area (Å²) < 4.78 is 0. The van der Waals surface area contributed by atoms with Crippen LogP contribution in [0.4, 0.5) is 0 Å². The molecule has 0 amide bonds. The molecule has 2 rings (SSSR count). The SMILES string of the molecule is CCNC(=NCC(C1CC1)C1CC1)NN. The fourth-order valence-corrected chi connectivity index (χ4v) is 2.25. The van der Waals surface area contributed by atoms with Gasteiger partial charge in [-0.3, -0.25) is 10.4 Å². The Morgan fingerprint density at radius 2 is 1.93 bits per heavy atom. The number of hydrazine groups is 1. The number of nitrogens with zero attached hydrogens (tertiary/aromatic N) is 1. The molecule has 0 spiro atoms. The lowest BCUT2D eigenvalue weighted by Crippen LogP contribution is -2.41. The van der Waals surface area contributed by atoms with Crippen LogP contribution in [-0.2, 0) is 0 Å². The van der Waals surface area contributed by atoms with Crippen LogP contribution in [0.5, 0.6) is 0 Å². The number of nitrogens with two attached hydrogens (primary N) is 1. The molecule has 86 valence electrons. The van der Waals surface area contributed by atoms with E-state index in [1.807, 2.05) is 6.92 Å². The van der Waals surface area contributed by atoms with E-state index in [0.717, 1.165) is 36.8 Å². The largest absolute Gasteiger partial charge is 0.356 e. The van der Waals surface area contributed by atoms with Crippen LogP contribution in [0.3, 0.4) is 0 Å². The topological polar surface area (TPSA) is 62.4 Å². The minimum atomic E-state index is 0.740. The van der Waals surface area contributed by atoms with E-state index in [0.29, 0.717) is 0 Å². The number of aliphatic imine (C=N–C) groups is 1. The highest BCUT2D eigenvalue weighted by Crippen LogP contribution is 2.49. The van der Waals surface area contributed by atoms with Crippen molar-refractivity contribution in [2.45, 2.75) is 32.6 Å². The second kappa shape index (κ2) is 4.84. The Morgan fingerprint density at radius 1 is 1.33 bits per heavy atom. The molecule has 2 aliphatic carbocycles. The number of nitrogens with one attached hydrogen (secondary N) is 2. The summed E-state index contributed by atoms with van der Waals surface area (Å²) in [5.74, 6) is 8.87. The number of guanidine groups is 1. The summed E-state index contributed by atoms with van der Waals surface area (Å²) in [6, 6.07) is 0. The van der Waals surface area contributed by atoms with Gasteiger partial charge in [0.25, 0.3) is 0 Å². The van der Waals surface area contributed by atoms with E-state index >= 15 is 0 Å². The van der Waals surface area contributed by atoms with E-state index in [2.05, 4.69) is 15.7 Å². The highest BCUT2D eigenvalue weighted by atomic mass is 15.3. The van der Waals surface area contributed by atoms with Gasteiger partial charge >= 0.3 is 0 Å². The Balaban J connectivity index is 1.82. The predicted molar refractivity (Wildman–Crippen MR) is 62.2 cm³/mol. The first-order valence-corrected chi connectivity index (χ1v) is 6.10. The first-order chi connectivity index (χ1) is 7.35. The zero-order valence-corrected chi connectivity index (χ0v) is 9.50. The summed E-state index contributed by atoms with van der Waals surface area (Å²) in [7, 11) is 0. The second-order valence-corrected chi connectivity index (χ2v) is 4.70. The molecule has 0 unspecified atom stereocenters. The van der Waals surface area contributed by atoms with Gasteiger partial charge in [0, 0.05) is 13.1 Å². The van der Waals surface area contributed by atoms with Crippen molar-refractivity contribution >= 4 is 5.96 Å². The summed E-state index contributed by atoms with van der Waals surface area (Å²) in [6.45, 7) is 3.86. The molecule has 0 aromatic carbocycles. The van der Waals surface area contributed by atoms with Crippen molar-refractivity contribution in [2.75, 3.05) is 13.1 Å². The molecule has 0 heterocycles. The molecule has 0 bridgehead atoms. The Labute approximate surface area is 91.7 Å². The van der Waals surface area contributed by atoms with Crippen LogP contribution in [-0.4, -0.2) is 19.0 Å². The molecule has 4 heteroatoms. The van der Waals surface area contributed by atoms with E-state index in [4.69, 9.17) is 5.84 Å². The van der Waals surface area contributed by atoms with Gasteiger partial charge in [-0.1, -0.05) is 0 Å². The van der Waals surface area contributed by atoms with Gasteiger partial charge in [0.15, 0.2) is 0 Å². The summed E-state index contributed by atoms with van der Waals surface area (Å²) >= 11 is 0. The molecule has 2 aliphatic rings. The lowest BCUT2D eigenvalue weighted by atomic mass is 9.98. The maximum atomic E-state index is 5.39. The van der Waals surface area contributed by atoms with Gasteiger partial charge in [-0.2, -0.15) is 0 Å². The van der Waals surface area contributed by atoms with Crippen LogP contribution in [0.25, 0.3) is 0 Å². The van der Waals surface area contributed by atoms with Gasteiger partial charge < -0.3 is 5.32 Å². The molecule has 0 aromatic heterocycles. The van der Waals surface area contributed by atoms with E-state index in [1.54, 1.807) is 0 Å². The Hall–Kier alpha value is -0.770. The average Bonchev–Trinajstić information content (AvgIpc) is 3.09. The molecule has 4 nitrogen and oxygen atoms in total. The molecule has 2 fully saturated rings. The average molecular weight is 210 g/mol. The van der Waals surface area contributed by atoms with E-state index < -0.39 is 0 Å². The van der Waals surface area contributed by atoms with Crippen LogP contribution >= 0.6 is 0 Å². The molecule has 0 atom stereocenters. The summed E-state index contributed by atoms with van der Waals surface area (Å²) in [6.07, 6.45) is 5.68. The van der Waals surface area contributed by atoms with Crippen LogP contribution in [0, 0.1) is 17.8 Å². The van der Waals surface area contributed by atoms with Crippen LogP contribution < -0.4 is 16.6 Å². The third kappa shape index (κ3) is 3.09. The minimum absolute atomic E-state index is 0.740. The maximum Gasteiger partial charge on any atom is 0.205 e. The molecule has 15 heavy (non-hydrogen) atoms. The molecule has 4 N–H and O–H groups in total. The van der Waals surface area contributed by atoms with Crippen molar-refractivity contribution in [3.05, 3.63) is 0 Å². The zero-order chi connectivity index (χ0) is 10.7. The smallest absolute Gasteiger partial charge is 0.205 e. The van der Waals surface area contributed by atoms with Crippen molar-refractivity contribution in [2.24, 2.45) is 28.6 Å². The molecule has 0 saturated heterocycles. The third-order valence-electron chi connectivity index (χ3n) is 3.40. The Kier molecular flexibility index (Phi) is 3.46. The lowest BCUT2D eigenvalue weighted by Gasteiger charge is -2.13.